The Balaban J connectivity index is 0.00000300. The highest BCUT2D eigenvalue weighted by atomic mass is 127. The number of rotatable bonds is 6. The average molecular weight is 570 g/mol. The third-order valence-electron chi connectivity index (χ3n) is 5.45. The van der Waals surface area contributed by atoms with E-state index in [0.717, 1.165) is 35.4 Å². The first-order chi connectivity index (χ1) is 12.8. The lowest BCUT2D eigenvalue weighted by Crippen LogP contribution is -3.00. The first kappa shape index (κ1) is 25.4. The fourth-order valence-electron chi connectivity index (χ4n) is 4.30. The number of nitrogens with zero attached hydrogens (tertiary/aromatic N) is 2. The van der Waals surface area contributed by atoms with E-state index in [0.29, 0.717) is 5.70 Å². The number of fused-ring (bicyclic) bond motifs is 1. The van der Waals surface area contributed by atoms with Gasteiger partial charge in [0, 0.05) is 24.2 Å². The summed E-state index contributed by atoms with van der Waals surface area (Å²) in [6, 6.07) is -0.176. The second kappa shape index (κ2) is 8.93. The summed E-state index contributed by atoms with van der Waals surface area (Å²) in [5.41, 5.74) is 1.64. The first-order valence-corrected chi connectivity index (χ1v) is 18.3. The van der Waals surface area contributed by atoms with Crippen LogP contribution in [-0.4, -0.2) is 81.7 Å². The smallest absolute Gasteiger partial charge is 0.341 e. The summed E-state index contributed by atoms with van der Waals surface area (Å²) >= 11 is 1.80. The van der Waals surface area contributed by atoms with Gasteiger partial charge in [0.25, 0.3) is 0 Å². The van der Waals surface area contributed by atoms with Crippen molar-refractivity contribution in [2.75, 3.05) is 32.4 Å². The van der Waals surface area contributed by atoms with Crippen molar-refractivity contribution in [1.82, 2.24) is 9.88 Å². The monoisotopic (exact) mass is 569 g/mol. The maximum absolute atomic E-state index is 13.2. The van der Waals surface area contributed by atoms with E-state index in [1.165, 1.54) is 12.8 Å². The molecule has 0 aromatic carbocycles. The number of nitrogens with one attached hydrogen (secondary N) is 1. The first-order valence-electron chi connectivity index (χ1n) is 10.3. The Morgan fingerprint density at radius 2 is 1.79 bits per heavy atom. The molecule has 2 fully saturated rings. The van der Waals surface area contributed by atoms with Crippen LogP contribution < -0.4 is 29.0 Å². The molecule has 2 saturated heterocycles. The Labute approximate surface area is 199 Å². The van der Waals surface area contributed by atoms with Gasteiger partial charge in [-0.25, -0.2) is 4.79 Å². The number of amides is 1. The van der Waals surface area contributed by atoms with Crippen LogP contribution in [-0.2, 0) is 14.0 Å². The van der Waals surface area contributed by atoms with Crippen molar-refractivity contribution in [2.45, 2.75) is 63.5 Å². The molecule has 0 aromatic heterocycles. The van der Waals surface area contributed by atoms with Crippen molar-refractivity contribution in [3.63, 3.8) is 0 Å². The highest BCUT2D eigenvalue weighted by molar-refractivity contribution is 8.00. The molecular weight excluding hydrogens is 533 g/mol. The molecule has 0 saturated carbocycles. The van der Waals surface area contributed by atoms with Crippen LogP contribution in [0.3, 0.4) is 0 Å². The fourth-order valence-corrected chi connectivity index (χ4v) is 7.63. The number of β-lactam (4-membered cyclic amide) rings is 1. The number of quaternary nitrogens is 1. The van der Waals surface area contributed by atoms with Crippen LogP contribution in [0.2, 0.25) is 39.3 Å². The molecule has 10 heteroatoms. The maximum atomic E-state index is 13.2. The Kier molecular flexibility index (Phi) is 7.81. The van der Waals surface area contributed by atoms with Gasteiger partial charge in [0.05, 0.1) is 20.1 Å². The molecule has 2 unspecified atom stereocenters. The van der Waals surface area contributed by atoms with Crippen LogP contribution in [0.25, 0.3) is 0 Å². The molecule has 3 heterocycles. The zero-order valence-corrected chi connectivity index (χ0v) is 23.8. The summed E-state index contributed by atoms with van der Waals surface area (Å²) in [4.78, 5) is 31.5. The Bertz CT molecular complexity index is 700. The number of hydrogen-bond donors (Lipinski definition) is 1. The van der Waals surface area contributed by atoms with Crippen molar-refractivity contribution in [1.29, 1.82) is 0 Å². The third kappa shape index (κ3) is 5.88. The number of halogens is 1. The summed E-state index contributed by atoms with van der Waals surface area (Å²) in [6.45, 7) is 15.8. The standard InChI is InChI=1S/C19H36N3O3SSi2.HI/c1-22(10-8-9-11-22)12-14-13-26-18-15(20-27(2,3)4)17(23)21(18)16(14)19(24)25-28(5,6)7;/h15,18,20H,8-13H2,1-7H3;1H/q+1;/p-1. The number of carbonyl (C=O) groups is 2. The molecule has 6 nitrogen and oxygen atoms in total. The summed E-state index contributed by atoms with van der Waals surface area (Å²) in [6.07, 6.45) is 2.47. The normalized spacial score (nSPS) is 26.6. The van der Waals surface area contributed by atoms with Gasteiger partial charge in [-0.2, -0.15) is 0 Å². The Morgan fingerprint density at radius 3 is 2.31 bits per heavy atom. The number of hydrogen-bond acceptors (Lipinski definition) is 5. The molecular formula is C19H36IN3O3SSi2. The number of likely N-dealkylation sites (tertiary alicyclic amines) is 1. The van der Waals surface area contributed by atoms with Crippen LogP contribution >= 0.6 is 11.8 Å². The van der Waals surface area contributed by atoms with Gasteiger partial charge in [-0.15, -0.1) is 11.8 Å². The van der Waals surface area contributed by atoms with Gasteiger partial charge >= 0.3 is 5.97 Å². The molecule has 29 heavy (non-hydrogen) atoms. The second-order valence-corrected chi connectivity index (χ2v) is 21.0. The topological polar surface area (TPSA) is 58.6 Å². The van der Waals surface area contributed by atoms with Crippen molar-refractivity contribution in [3.05, 3.63) is 11.3 Å². The van der Waals surface area contributed by atoms with E-state index >= 15 is 0 Å². The van der Waals surface area contributed by atoms with E-state index in [1.54, 1.807) is 16.7 Å². The highest BCUT2D eigenvalue weighted by Gasteiger charge is 2.55. The zero-order chi connectivity index (χ0) is 20.9. The van der Waals surface area contributed by atoms with Gasteiger partial charge in [-0.3, -0.25) is 9.69 Å². The molecule has 2 atom stereocenters. The summed E-state index contributed by atoms with van der Waals surface area (Å²) in [7, 11) is -1.37. The average Bonchev–Trinajstić information content (AvgIpc) is 2.96. The molecule has 1 amide bonds. The Hall–Kier alpha value is 0.114. The van der Waals surface area contributed by atoms with Gasteiger partial charge in [0.1, 0.15) is 31.9 Å². The second-order valence-electron chi connectivity index (χ2n) is 10.7. The lowest BCUT2D eigenvalue weighted by Gasteiger charge is -2.52. The van der Waals surface area contributed by atoms with Crippen LogP contribution in [0.1, 0.15) is 12.8 Å². The summed E-state index contributed by atoms with van der Waals surface area (Å²) < 4.78 is 6.82. The molecule has 0 spiro atoms. The van der Waals surface area contributed by atoms with Crippen LogP contribution in [0.4, 0.5) is 0 Å². The largest absolute Gasteiger partial charge is 1.00 e. The highest BCUT2D eigenvalue weighted by Crippen LogP contribution is 2.42. The van der Waals surface area contributed by atoms with Crippen molar-refractivity contribution < 1.29 is 42.5 Å². The van der Waals surface area contributed by atoms with E-state index in [9.17, 15) is 9.59 Å². The third-order valence-corrected chi connectivity index (χ3v) is 8.76. The molecule has 0 radical (unpaired) electrons. The van der Waals surface area contributed by atoms with E-state index < -0.39 is 16.6 Å². The van der Waals surface area contributed by atoms with Crippen LogP contribution in [0.5, 0.6) is 0 Å². The molecule has 3 aliphatic heterocycles. The quantitative estimate of drug-likeness (QED) is 0.204. The van der Waals surface area contributed by atoms with Crippen molar-refractivity contribution >= 4 is 40.2 Å². The molecule has 3 aliphatic rings. The maximum Gasteiger partial charge on any atom is 0.341 e. The van der Waals surface area contributed by atoms with Gasteiger partial charge in [0.15, 0.2) is 0 Å². The van der Waals surface area contributed by atoms with E-state index in [2.05, 4.69) is 31.7 Å². The lowest BCUT2D eigenvalue weighted by atomic mass is 10.0. The van der Waals surface area contributed by atoms with Crippen LogP contribution in [0, 0.1) is 0 Å². The van der Waals surface area contributed by atoms with Gasteiger partial charge in [-0.1, -0.05) is 19.6 Å². The minimum absolute atomic E-state index is 0. The summed E-state index contributed by atoms with van der Waals surface area (Å²) in [5, 5.41) is 0.0102. The predicted molar refractivity (Wildman–Crippen MR) is 120 cm³/mol. The summed E-state index contributed by atoms with van der Waals surface area (Å²) in [5.74, 6) is 0.552. The predicted octanol–water partition coefficient (Wildman–Crippen LogP) is -0.429. The Morgan fingerprint density at radius 1 is 1.21 bits per heavy atom. The zero-order valence-electron chi connectivity index (χ0n) is 18.8. The lowest BCUT2D eigenvalue weighted by molar-refractivity contribution is -0.893. The van der Waals surface area contributed by atoms with E-state index in [4.69, 9.17) is 4.43 Å². The minimum atomic E-state index is -2.04. The molecule has 1 N–H and O–H groups in total. The van der Waals surface area contributed by atoms with Crippen molar-refractivity contribution in [2.24, 2.45) is 0 Å². The minimum Gasteiger partial charge on any atom is -1.00 e. The van der Waals surface area contributed by atoms with Gasteiger partial charge in [-0.05, 0) is 19.6 Å². The van der Waals surface area contributed by atoms with E-state index in [-0.39, 0.29) is 47.3 Å². The molecule has 0 bridgehead atoms. The molecule has 3 rings (SSSR count). The number of carbonyl (C=O) groups excluding carboxylic acids is 2. The van der Waals surface area contributed by atoms with Gasteiger partial charge in [0.2, 0.25) is 14.2 Å². The number of thioether (sulfide) groups is 1. The van der Waals surface area contributed by atoms with Crippen LogP contribution in [0.15, 0.2) is 11.3 Å². The SMILES string of the molecule is C[N+]1(CC2=C(C(=O)O[Si](C)(C)C)N3C(=O)C(N[Si](C)(C)C)C3SC2)CCCC1.[I-]. The van der Waals surface area contributed by atoms with Crippen molar-refractivity contribution in [3.8, 4) is 0 Å². The fraction of sp³-hybridized carbons (Fsp3) is 0.789. The number of likely N-dealkylation sites (N-methyl/N-ethyl adjacent to an activating group) is 1. The molecule has 0 aliphatic carbocycles. The molecule has 0 aromatic rings. The van der Waals surface area contributed by atoms with Gasteiger partial charge < -0.3 is 37.9 Å². The molecule has 166 valence electrons. The van der Waals surface area contributed by atoms with E-state index in [1.807, 2.05) is 19.6 Å².